The van der Waals surface area contributed by atoms with Crippen LogP contribution in [0.2, 0.25) is 0 Å². The average molecular weight is 254 g/mol. The van der Waals surface area contributed by atoms with Crippen LogP contribution >= 0.6 is 0 Å². The summed E-state index contributed by atoms with van der Waals surface area (Å²) in [6.07, 6.45) is 6.32. The van der Waals surface area contributed by atoms with Crippen molar-refractivity contribution in [1.29, 1.82) is 5.26 Å². The highest BCUT2D eigenvalue weighted by Gasteiger charge is 2.16. The van der Waals surface area contributed by atoms with Gasteiger partial charge in [-0.25, -0.2) is 0 Å². The molecule has 3 nitrogen and oxygen atoms in total. The summed E-state index contributed by atoms with van der Waals surface area (Å²) in [7, 11) is 0. The van der Waals surface area contributed by atoms with E-state index in [-0.39, 0.29) is 5.91 Å². The summed E-state index contributed by atoms with van der Waals surface area (Å²) in [5.41, 5.74) is 2.06. The van der Waals surface area contributed by atoms with Crippen LogP contribution in [-0.4, -0.2) is 5.91 Å². The van der Waals surface area contributed by atoms with Gasteiger partial charge in [0.25, 0.3) is 5.91 Å². The second-order valence-electron chi connectivity index (χ2n) is 4.82. The van der Waals surface area contributed by atoms with E-state index in [4.69, 9.17) is 0 Å². The van der Waals surface area contributed by atoms with Crippen molar-refractivity contribution in [2.75, 3.05) is 5.32 Å². The lowest BCUT2D eigenvalue weighted by Gasteiger charge is -2.08. The van der Waals surface area contributed by atoms with Gasteiger partial charge in [-0.1, -0.05) is 31.0 Å². The second kappa shape index (κ2) is 6.75. The Balaban J connectivity index is 2.15. The minimum atomic E-state index is -0.273. The fourth-order valence-electron chi connectivity index (χ4n) is 2.41. The zero-order chi connectivity index (χ0) is 13.5. The number of hydrogen-bond acceptors (Lipinski definition) is 2. The topological polar surface area (TPSA) is 52.9 Å². The third-order valence-corrected chi connectivity index (χ3v) is 3.43. The van der Waals surface area contributed by atoms with Crippen LogP contribution in [-0.2, 0) is 4.79 Å². The molecule has 0 aliphatic heterocycles. The van der Waals surface area contributed by atoms with Gasteiger partial charge >= 0.3 is 0 Å². The van der Waals surface area contributed by atoms with Crippen LogP contribution in [0.5, 0.6) is 0 Å². The van der Waals surface area contributed by atoms with E-state index >= 15 is 0 Å². The maximum atomic E-state index is 12.2. The predicted molar refractivity (Wildman–Crippen MR) is 75.4 cm³/mol. The summed E-state index contributed by atoms with van der Waals surface area (Å²) in [6, 6.07) is 11.4. The number of amides is 1. The molecule has 1 aliphatic carbocycles. The Morgan fingerprint density at radius 2 is 1.68 bits per heavy atom. The minimum Gasteiger partial charge on any atom is -0.321 e. The van der Waals surface area contributed by atoms with E-state index < -0.39 is 0 Å². The van der Waals surface area contributed by atoms with E-state index in [0.717, 1.165) is 36.9 Å². The Bertz CT molecular complexity index is 501. The Labute approximate surface area is 113 Å². The molecule has 0 unspecified atom stereocenters. The van der Waals surface area contributed by atoms with Crippen molar-refractivity contribution in [2.45, 2.75) is 38.5 Å². The first-order valence-electron chi connectivity index (χ1n) is 6.80. The fourth-order valence-corrected chi connectivity index (χ4v) is 2.41. The standard InChI is InChI=1S/C16H18N2O/c17-12-15(13-8-4-1-2-5-9-13)16(19)18-14-10-6-3-7-11-14/h3,6-7,10-11H,1-2,4-5,8-9H2,(H,18,19). The summed E-state index contributed by atoms with van der Waals surface area (Å²) in [4.78, 5) is 12.2. The summed E-state index contributed by atoms with van der Waals surface area (Å²) in [6.45, 7) is 0. The normalized spacial score (nSPS) is 15.2. The molecule has 3 heteroatoms. The lowest BCUT2D eigenvalue weighted by Crippen LogP contribution is -2.15. The average Bonchev–Trinajstić information content (AvgIpc) is 2.70. The molecule has 0 atom stereocenters. The number of para-hydroxylation sites is 1. The number of benzene rings is 1. The van der Waals surface area contributed by atoms with Crippen LogP contribution in [0.3, 0.4) is 0 Å². The molecule has 0 saturated heterocycles. The molecule has 0 heterocycles. The van der Waals surface area contributed by atoms with Gasteiger partial charge in [-0.2, -0.15) is 5.26 Å². The highest BCUT2D eigenvalue weighted by Crippen LogP contribution is 2.25. The van der Waals surface area contributed by atoms with E-state index in [0.29, 0.717) is 5.57 Å². The smallest absolute Gasteiger partial charge is 0.266 e. The van der Waals surface area contributed by atoms with Gasteiger partial charge in [0.15, 0.2) is 0 Å². The molecular weight excluding hydrogens is 236 g/mol. The van der Waals surface area contributed by atoms with Gasteiger partial charge < -0.3 is 5.32 Å². The molecular formula is C16H18N2O. The monoisotopic (exact) mass is 254 g/mol. The molecule has 19 heavy (non-hydrogen) atoms. The molecule has 0 bridgehead atoms. The van der Waals surface area contributed by atoms with E-state index in [9.17, 15) is 10.1 Å². The molecule has 1 saturated carbocycles. The van der Waals surface area contributed by atoms with Crippen molar-refractivity contribution < 1.29 is 4.79 Å². The number of nitrogens with zero attached hydrogens (tertiary/aromatic N) is 1. The summed E-state index contributed by atoms with van der Waals surface area (Å²) in [5, 5.41) is 12.0. The van der Waals surface area contributed by atoms with Gasteiger partial charge in [0.1, 0.15) is 11.6 Å². The lowest BCUT2D eigenvalue weighted by atomic mass is 10.0. The number of nitriles is 1. The van der Waals surface area contributed by atoms with Crippen LogP contribution in [0.1, 0.15) is 38.5 Å². The van der Waals surface area contributed by atoms with Crippen LogP contribution in [0.25, 0.3) is 0 Å². The van der Waals surface area contributed by atoms with E-state index in [1.807, 2.05) is 30.3 Å². The van der Waals surface area contributed by atoms with Crippen LogP contribution < -0.4 is 5.32 Å². The number of rotatable bonds is 2. The minimum absolute atomic E-state index is 0.273. The first kappa shape index (κ1) is 13.4. The van der Waals surface area contributed by atoms with Gasteiger partial charge in [-0.05, 0) is 43.4 Å². The largest absolute Gasteiger partial charge is 0.321 e. The third kappa shape index (κ3) is 3.69. The van der Waals surface area contributed by atoms with Crippen molar-refractivity contribution in [3.8, 4) is 6.07 Å². The zero-order valence-corrected chi connectivity index (χ0v) is 11.0. The van der Waals surface area contributed by atoms with Crippen molar-refractivity contribution in [3.63, 3.8) is 0 Å². The van der Waals surface area contributed by atoms with Gasteiger partial charge in [0.2, 0.25) is 0 Å². The number of hydrogen-bond donors (Lipinski definition) is 1. The Hall–Kier alpha value is -2.08. The molecule has 1 fully saturated rings. The fraction of sp³-hybridized carbons (Fsp3) is 0.375. The van der Waals surface area contributed by atoms with E-state index in [2.05, 4.69) is 11.4 Å². The summed E-state index contributed by atoms with van der Waals surface area (Å²) >= 11 is 0. The SMILES string of the molecule is N#CC(C(=O)Nc1ccccc1)=C1CCCCCC1. The number of carbonyl (C=O) groups is 1. The molecule has 1 aromatic rings. The molecule has 0 radical (unpaired) electrons. The third-order valence-electron chi connectivity index (χ3n) is 3.43. The van der Waals surface area contributed by atoms with Crippen LogP contribution in [0.15, 0.2) is 41.5 Å². The Morgan fingerprint density at radius 3 is 2.26 bits per heavy atom. The highest BCUT2D eigenvalue weighted by molar-refractivity contribution is 6.07. The molecule has 1 N–H and O–H groups in total. The number of allylic oxidation sites excluding steroid dienone is 1. The van der Waals surface area contributed by atoms with Crippen molar-refractivity contribution >= 4 is 11.6 Å². The van der Waals surface area contributed by atoms with Crippen molar-refractivity contribution in [2.24, 2.45) is 0 Å². The molecule has 1 aromatic carbocycles. The first-order valence-corrected chi connectivity index (χ1v) is 6.80. The quantitative estimate of drug-likeness (QED) is 0.496. The lowest BCUT2D eigenvalue weighted by molar-refractivity contribution is -0.112. The van der Waals surface area contributed by atoms with Crippen LogP contribution in [0, 0.1) is 11.3 Å². The number of nitrogens with one attached hydrogen (secondary N) is 1. The van der Waals surface area contributed by atoms with Gasteiger partial charge in [0, 0.05) is 5.69 Å². The molecule has 1 aliphatic rings. The number of carbonyl (C=O) groups excluding carboxylic acids is 1. The first-order chi connectivity index (χ1) is 9.31. The molecule has 1 amide bonds. The molecule has 0 aromatic heterocycles. The Kier molecular flexibility index (Phi) is 4.74. The van der Waals surface area contributed by atoms with Gasteiger partial charge in [-0.3, -0.25) is 4.79 Å². The van der Waals surface area contributed by atoms with Crippen molar-refractivity contribution in [1.82, 2.24) is 0 Å². The second-order valence-corrected chi connectivity index (χ2v) is 4.82. The molecule has 2 rings (SSSR count). The molecule has 98 valence electrons. The van der Waals surface area contributed by atoms with E-state index in [1.54, 1.807) is 0 Å². The Morgan fingerprint density at radius 1 is 1.05 bits per heavy atom. The summed E-state index contributed by atoms with van der Waals surface area (Å²) in [5.74, 6) is -0.273. The predicted octanol–water partition coefficient (Wildman–Crippen LogP) is 3.80. The maximum Gasteiger partial charge on any atom is 0.266 e. The van der Waals surface area contributed by atoms with Gasteiger partial charge in [-0.15, -0.1) is 0 Å². The summed E-state index contributed by atoms with van der Waals surface area (Å²) < 4.78 is 0. The van der Waals surface area contributed by atoms with E-state index in [1.165, 1.54) is 12.8 Å². The van der Waals surface area contributed by atoms with Crippen LogP contribution in [0.4, 0.5) is 5.69 Å². The zero-order valence-electron chi connectivity index (χ0n) is 11.0. The van der Waals surface area contributed by atoms with Gasteiger partial charge in [0.05, 0.1) is 0 Å². The number of anilines is 1. The molecule has 0 spiro atoms. The van der Waals surface area contributed by atoms with Crippen molar-refractivity contribution in [3.05, 3.63) is 41.5 Å². The highest BCUT2D eigenvalue weighted by atomic mass is 16.1. The maximum absolute atomic E-state index is 12.2.